The van der Waals surface area contributed by atoms with E-state index in [1.54, 1.807) is 18.2 Å². The van der Waals surface area contributed by atoms with Crippen molar-refractivity contribution in [2.24, 2.45) is 0 Å². The van der Waals surface area contributed by atoms with Crippen LogP contribution in [0.5, 0.6) is 17.2 Å². The molecular formula is C25H22O4. The quantitative estimate of drug-likeness (QED) is 0.338. The Morgan fingerprint density at radius 3 is 2.21 bits per heavy atom. The fourth-order valence-electron chi connectivity index (χ4n) is 3.76. The Hall–Kier alpha value is -3.53. The molecule has 0 N–H and O–H groups in total. The number of carbonyl (C=O) groups excluding carboxylic acids is 1. The van der Waals surface area contributed by atoms with Crippen molar-refractivity contribution in [1.82, 2.24) is 0 Å². The maximum atomic E-state index is 12.7. The Morgan fingerprint density at radius 2 is 1.52 bits per heavy atom. The van der Waals surface area contributed by atoms with Crippen LogP contribution in [0.1, 0.15) is 27.0 Å². The highest BCUT2D eigenvalue weighted by Gasteiger charge is 2.18. The fourth-order valence-corrected chi connectivity index (χ4v) is 3.76. The summed E-state index contributed by atoms with van der Waals surface area (Å²) >= 11 is 0. The zero-order valence-corrected chi connectivity index (χ0v) is 16.7. The van der Waals surface area contributed by atoms with Gasteiger partial charge in [-0.3, -0.25) is 4.79 Å². The molecule has 0 saturated carbocycles. The Morgan fingerprint density at radius 1 is 0.828 bits per heavy atom. The molecule has 0 heterocycles. The summed E-state index contributed by atoms with van der Waals surface area (Å²) < 4.78 is 16.0. The maximum Gasteiger partial charge on any atom is 0.203 e. The van der Waals surface area contributed by atoms with E-state index in [1.165, 1.54) is 43.6 Å². The molecule has 0 amide bonds. The van der Waals surface area contributed by atoms with Crippen molar-refractivity contribution >= 4 is 11.9 Å². The molecule has 0 atom stereocenters. The third-order valence-corrected chi connectivity index (χ3v) is 5.19. The Balaban J connectivity index is 1.59. The van der Waals surface area contributed by atoms with Gasteiger partial charge in [0.1, 0.15) is 0 Å². The van der Waals surface area contributed by atoms with E-state index < -0.39 is 0 Å². The predicted octanol–water partition coefficient (Wildman–Crippen LogP) is 5.18. The van der Waals surface area contributed by atoms with E-state index in [2.05, 4.69) is 36.4 Å². The summed E-state index contributed by atoms with van der Waals surface area (Å²) in [6, 6.07) is 18.1. The molecule has 0 bridgehead atoms. The first-order valence-electron chi connectivity index (χ1n) is 9.38. The van der Waals surface area contributed by atoms with Crippen LogP contribution in [0.25, 0.3) is 17.2 Å². The summed E-state index contributed by atoms with van der Waals surface area (Å²) in [6.45, 7) is 0. The normalized spacial score (nSPS) is 11.8. The standard InChI is InChI=1S/C25H22O4/c1-27-23-14-19(15-24(28-2)25(23)29-3)22(26)11-9-16-8-10-21-18(12-16)13-17-6-4-5-7-20(17)21/h4-12,14-15H,13H2,1-3H3/b11-9+. The first-order valence-corrected chi connectivity index (χ1v) is 9.38. The number of fused-ring (bicyclic) bond motifs is 3. The molecule has 4 heteroatoms. The average Bonchev–Trinajstić information content (AvgIpc) is 3.14. The summed E-state index contributed by atoms with van der Waals surface area (Å²) in [5.41, 5.74) is 6.67. The lowest BCUT2D eigenvalue weighted by molar-refractivity contribution is 0.104. The summed E-state index contributed by atoms with van der Waals surface area (Å²) in [5.74, 6) is 1.25. The summed E-state index contributed by atoms with van der Waals surface area (Å²) in [4.78, 5) is 12.7. The van der Waals surface area contributed by atoms with Gasteiger partial charge in [-0.15, -0.1) is 0 Å². The number of rotatable bonds is 6. The van der Waals surface area contributed by atoms with E-state index in [-0.39, 0.29) is 5.78 Å². The van der Waals surface area contributed by atoms with Crippen molar-refractivity contribution in [2.45, 2.75) is 6.42 Å². The third kappa shape index (κ3) is 3.49. The number of allylic oxidation sites excluding steroid dienone is 1. The molecule has 0 spiro atoms. The van der Waals surface area contributed by atoms with E-state index in [0.29, 0.717) is 22.8 Å². The average molecular weight is 386 g/mol. The second-order valence-electron chi connectivity index (χ2n) is 6.86. The largest absolute Gasteiger partial charge is 0.493 e. The van der Waals surface area contributed by atoms with Crippen LogP contribution in [-0.2, 0) is 6.42 Å². The maximum absolute atomic E-state index is 12.7. The molecule has 0 aromatic heterocycles. The zero-order chi connectivity index (χ0) is 20.4. The van der Waals surface area contributed by atoms with E-state index in [1.807, 2.05) is 12.1 Å². The van der Waals surface area contributed by atoms with Crippen molar-refractivity contribution in [1.29, 1.82) is 0 Å². The highest BCUT2D eigenvalue weighted by Crippen LogP contribution is 2.39. The molecule has 29 heavy (non-hydrogen) atoms. The number of carbonyl (C=O) groups is 1. The van der Waals surface area contributed by atoms with Crippen LogP contribution in [0, 0.1) is 0 Å². The van der Waals surface area contributed by atoms with Crippen LogP contribution in [0.4, 0.5) is 0 Å². The molecule has 4 rings (SSSR count). The molecule has 1 aliphatic carbocycles. The van der Waals surface area contributed by atoms with Gasteiger partial charge in [-0.05, 0) is 52.4 Å². The topological polar surface area (TPSA) is 44.8 Å². The second-order valence-corrected chi connectivity index (χ2v) is 6.86. The van der Waals surface area contributed by atoms with E-state index in [0.717, 1.165) is 12.0 Å². The molecule has 0 aliphatic heterocycles. The first kappa shape index (κ1) is 18.8. The highest BCUT2D eigenvalue weighted by molar-refractivity contribution is 6.07. The number of hydrogen-bond donors (Lipinski definition) is 0. The Labute approximate surface area is 170 Å². The molecule has 3 aromatic rings. The molecule has 4 nitrogen and oxygen atoms in total. The second kappa shape index (κ2) is 7.84. The van der Waals surface area contributed by atoms with Gasteiger partial charge in [-0.25, -0.2) is 0 Å². The third-order valence-electron chi connectivity index (χ3n) is 5.19. The molecule has 3 aromatic carbocycles. The molecule has 0 unspecified atom stereocenters. The van der Waals surface area contributed by atoms with Gasteiger partial charge in [-0.1, -0.05) is 48.5 Å². The fraction of sp³-hybridized carbons (Fsp3) is 0.160. The van der Waals surface area contributed by atoms with Crippen LogP contribution in [-0.4, -0.2) is 27.1 Å². The molecule has 1 aliphatic rings. The molecule has 0 saturated heterocycles. The SMILES string of the molecule is COc1cc(C(=O)/C=C/c2ccc3c(c2)Cc2ccccc2-3)cc(OC)c1OC. The lowest BCUT2D eigenvalue weighted by Crippen LogP contribution is -2.00. The van der Waals surface area contributed by atoms with Crippen molar-refractivity contribution in [2.75, 3.05) is 21.3 Å². The molecule has 0 fully saturated rings. The number of ketones is 1. The minimum atomic E-state index is -0.131. The van der Waals surface area contributed by atoms with E-state index in [4.69, 9.17) is 14.2 Å². The Kier molecular flexibility index (Phi) is 5.09. The van der Waals surface area contributed by atoms with Crippen molar-refractivity contribution < 1.29 is 19.0 Å². The van der Waals surface area contributed by atoms with Gasteiger partial charge >= 0.3 is 0 Å². The van der Waals surface area contributed by atoms with Gasteiger partial charge in [0.15, 0.2) is 17.3 Å². The molecular weight excluding hydrogens is 364 g/mol. The van der Waals surface area contributed by atoms with Crippen molar-refractivity contribution in [3.8, 4) is 28.4 Å². The van der Waals surface area contributed by atoms with Crippen LogP contribution in [0.2, 0.25) is 0 Å². The summed E-state index contributed by atoms with van der Waals surface area (Å²) in [6.07, 6.45) is 4.34. The van der Waals surface area contributed by atoms with E-state index >= 15 is 0 Å². The number of ether oxygens (including phenoxy) is 3. The first-order chi connectivity index (χ1) is 14.1. The molecule has 0 radical (unpaired) electrons. The highest BCUT2D eigenvalue weighted by atomic mass is 16.5. The van der Waals surface area contributed by atoms with E-state index in [9.17, 15) is 4.79 Å². The van der Waals surface area contributed by atoms with Crippen LogP contribution in [0.3, 0.4) is 0 Å². The summed E-state index contributed by atoms with van der Waals surface area (Å²) in [5, 5.41) is 0. The van der Waals surface area contributed by atoms with Gasteiger partial charge in [0.25, 0.3) is 0 Å². The van der Waals surface area contributed by atoms with Crippen LogP contribution in [0.15, 0.2) is 60.7 Å². The van der Waals surface area contributed by atoms with Gasteiger partial charge in [0.2, 0.25) is 5.75 Å². The van der Waals surface area contributed by atoms with Gasteiger partial charge in [-0.2, -0.15) is 0 Å². The smallest absolute Gasteiger partial charge is 0.203 e. The predicted molar refractivity (Wildman–Crippen MR) is 114 cm³/mol. The lowest BCUT2D eigenvalue weighted by Gasteiger charge is -2.13. The van der Waals surface area contributed by atoms with Crippen molar-refractivity contribution in [3.05, 3.63) is 82.9 Å². The number of methoxy groups -OCH3 is 3. The minimum Gasteiger partial charge on any atom is -0.493 e. The number of benzene rings is 3. The summed E-state index contributed by atoms with van der Waals surface area (Å²) in [7, 11) is 4.60. The van der Waals surface area contributed by atoms with Gasteiger partial charge in [0, 0.05) is 5.56 Å². The molecule has 146 valence electrons. The zero-order valence-electron chi connectivity index (χ0n) is 16.7. The minimum absolute atomic E-state index is 0.131. The van der Waals surface area contributed by atoms with Crippen LogP contribution < -0.4 is 14.2 Å². The van der Waals surface area contributed by atoms with Gasteiger partial charge in [0.05, 0.1) is 21.3 Å². The lowest BCUT2D eigenvalue weighted by atomic mass is 10.0. The van der Waals surface area contributed by atoms with Gasteiger partial charge < -0.3 is 14.2 Å². The Bertz CT molecular complexity index is 1090. The van der Waals surface area contributed by atoms with Crippen molar-refractivity contribution in [3.63, 3.8) is 0 Å². The monoisotopic (exact) mass is 386 g/mol. The van der Waals surface area contributed by atoms with Crippen LogP contribution >= 0.6 is 0 Å². The number of hydrogen-bond acceptors (Lipinski definition) is 4.